The maximum atomic E-state index is 13.0. The van der Waals surface area contributed by atoms with Gasteiger partial charge in [-0.25, -0.2) is 4.98 Å². The smallest absolute Gasteiger partial charge is 0.374 e. The molecule has 3 rings (SSSR count). The van der Waals surface area contributed by atoms with Gasteiger partial charge in [0.15, 0.2) is 11.6 Å². The SMILES string of the molecule is C[C@H]1Cc2cnoc2-c2cnc([C@@](C)(O)C(F)(F)F)n21. The third kappa shape index (κ3) is 1.60. The summed E-state index contributed by atoms with van der Waals surface area (Å²) in [6.07, 6.45) is -1.52. The summed E-state index contributed by atoms with van der Waals surface area (Å²) in [5.41, 5.74) is -1.80. The number of alkyl halides is 3. The second-order valence-electron chi connectivity index (χ2n) is 5.14. The van der Waals surface area contributed by atoms with Crippen molar-refractivity contribution >= 4 is 0 Å². The molecule has 108 valence electrons. The zero-order valence-corrected chi connectivity index (χ0v) is 10.8. The van der Waals surface area contributed by atoms with E-state index in [0.717, 1.165) is 5.56 Å². The fraction of sp³-hybridized carbons (Fsp3) is 0.500. The zero-order chi connectivity index (χ0) is 14.7. The molecule has 0 aromatic carbocycles. The number of hydrogen-bond acceptors (Lipinski definition) is 4. The second kappa shape index (κ2) is 3.85. The monoisotopic (exact) mass is 287 g/mol. The molecule has 8 heteroatoms. The van der Waals surface area contributed by atoms with Gasteiger partial charge in [0.25, 0.3) is 0 Å². The van der Waals surface area contributed by atoms with Crippen molar-refractivity contribution in [2.45, 2.75) is 38.1 Å². The summed E-state index contributed by atoms with van der Waals surface area (Å²) in [5.74, 6) is -0.0330. The second-order valence-corrected chi connectivity index (χ2v) is 5.14. The Morgan fingerprint density at radius 3 is 2.75 bits per heavy atom. The Morgan fingerprint density at radius 2 is 2.10 bits per heavy atom. The third-order valence-corrected chi connectivity index (χ3v) is 3.62. The Balaban J connectivity index is 2.20. The molecule has 0 fully saturated rings. The molecule has 0 spiro atoms. The molecule has 0 bridgehead atoms. The van der Waals surface area contributed by atoms with Gasteiger partial charge in [0.1, 0.15) is 5.69 Å². The number of halogens is 3. The van der Waals surface area contributed by atoms with Crippen LogP contribution in [0.2, 0.25) is 0 Å². The first-order chi connectivity index (χ1) is 9.23. The van der Waals surface area contributed by atoms with Gasteiger partial charge in [-0.1, -0.05) is 5.16 Å². The molecule has 2 aromatic heterocycles. The Labute approximate surface area is 112 Å². The first kappa shape index (κ1) is 13.2. The molecular formula is C12H12F3N3O2. The molecule has 1 aliphatic heterocycles. The normalized spacial score (nSPS) is 21.2. The van der Waals surface area contributed by atoms with Crippen LogP contribution in [0.25, 0.3) is 11.5 Å². The lowest BCUT2D eigenvalue weighted by molar-refractivity contribution is -0.262. The van der Waals surface area contributed by atoms with E-state index in [0.29, 0.717) is 24.8 Å². The average molecular weight is 287 g/mol. The summed E-state index contributed by atoms with van der Waals surface area (Å²) in [7, 11) is 0. The standard InChI is InChI=1S/C12H12F3N3O2/c1-6-3-7-4-17-20-9(7)8-5-16-10(18(6)8)11(2,19)12(13,14)15/h4-6,19H,3H2,1-2H3/t6-,11+/m0/s1. The van der Waals surface area contributed by atoms with Crippen LogP contribution in [-0.4, -0.2) is 26.0 Å². The average Bonchev–Trinajstić information content (AvgIpc) is 2.91. The Morgan fingerprint density at radius 1 is 1.40 bits per heavy atom. The van der Waals surface area contributed by atoms with Crippen LogP contribution >= 0.6 is 0 Å². The van der Waals surface area contributed by atoms with Crippen molar-refractivity contribution in [2.24, 2.45) is 0 Å². The predicted molar refractivity (Wildman–Crippen MR) is 61.8 cm³/mol. The van der Waals surface area contributed by atoms with E-state index in [-0.39, 0.29) is 6.04 Å². The summed E-state index contributed by atoms with van der Waals surface area (Å²) in [5, 5.41) is 13.5. The lowest BCUT2D eigenvalue weighted by atomic mass is 9.99. The maximum Gasteiger partial charge on any atom is 0.424 e. The first-order valence-corrected chi connectivity index (χ1v) is 6.04. The predicted octanol–water partition coefficient (Wildman–Crippen LogP) is 2.43. The van der Waals surface area contributed by atoms with E-state index >= 15 is 0 Å². The molecule has 0 amide bonds. The van der Waals surface area contributed by atoms with Gasteiger partial charge in [0.2, 0.25) is 5.60 Å². The van der Waals surface area contributed by atoms with Gasteiger partial charge in [0.05, 0.1) is 12.4 Å². The highest BCUT2D eigenvalue weighted by molar-refractivity contribution is 5.59. The lowest BCUT2D eigenvalue weighted by Gasteiger charge is -2.30. The largest absolute Gasteiger partial charge is 0.424 e. The fourth-order valence-corrected chi connectivity index (χ4v) is 2.49. The number of hydrogen-bond donors (Lipinski definition) is 1. The van der Waals surface area contributed by atoms with E-state index in [2.05, 4.69) is 10.1 Å². The van der Waals surface area contributed by atoms with E-state index in [9.17, 15) is 18.3 Å². The topological polar surface area (TPSA) is 64.1 Å². The molecule has 0 saturated heterocycles. The highest BCUT2D eigenvalue weighted by Gasteiger charge is 2.55. The highest BCUT2D eigenvalue weighted by atomic mass is 19.4. The minimum atomic E-state index is -4.81. The number of aliphatic hydroxyl groups is 1. The molecule has 5 nitrogen and oxygen atoms in total. The molecule has 1 aliphatic rings. The molecule has 0 radical (unpaired) electrons. The van der Waals surface area contributed by atoms with Crippen LogP contribution in [0.1, 0.15) is 31.3 Å². The van der Waals surface area contributed by atoms with Gasteiger partial charge >= 0.3 is 6.18 Å². The number of rotatable bonds is 1. The first-order valence-electron chi connectivity index (χ1n) is 6.04. The van der Waals surface area contributed by atoms with Gasteiger partial charge in [-0.3, -0.25) is 0 Å². The summed E-state index contributed by atoms with van der Waals surface area (Å²) >= 11 is 0. The van der Waals surface area contributed by atoms with Crippen LogP contribution < -0.4 is 0 Å². The van der Waals surface area contributed by atoms with Crippen molar-refractivity contribution in [3.05, 3.63) is 23.8 Å². The minimum absolute atomic E-state index is 0.275. The molecule has 0 aliphatic carbocycles. The fourth-order valence-electron chi connectivity index (χ4n) is 2.49. The molecule has 2 aromatic rings. The number of fused-ring (bicyclic) bond motifs is 3. The highest BCUT2D eigenvalue weighted by Crippen LogP contribution is 2.43. The van der Waals surface area contributed by atoms with Crippen LogP contribution in [0.3, 0.4) is 0 Å². The van der Waals surface area contributed by atoms with Gasteiger partial charge in [-0.05, 0) is 20.3 Å². The summed E-state index contributed by atoms with van der Waals surface area (Å²) in [6, 6.07) is -0.275. The molecule has 0 unspecified atom stereocenters. The number of imidazole rings is 1. The Hall–Kier alpha value is -1.83. The van der Waals surface area contributed by atoms with Crippen molar-refractivity contribution in [2.75, 3.05) is 0 Å². The third-order valence-electron chi connectivity index (χ3n) is 3.62. The van der Waals surface area contributed by atoms with E-state index in [1.54, 1.807) is 13.1 Å². The molecular weight excluding hydrogens is 275 g/mol. The van der Waals surface area contributed by atoms with Gasteiger partial charge in [0, 0.05) is 11.6 Å². The number of aromatic nitrogens is 3. The molecule has 0 saturated carbocycles. The number of nitrogens with zero attached hydrogens (tertiary/aromatic N) is 3. The van der Waals surface area contributed by atoms with Crippen LogP contribution in [0.15, 0.2) is 16.9 Å². The zero-order valence-electron chi connectivity index (χ0n) is 10.8. The Kier molecular flexibility index (Phi) is 2.53. The Bertz CT molecular complexity index is 657. The summed E-state index contributed by atoms with van der Waals surface area (Å²) in [4.78, 5) is 3.77. The van der Waals surface area contributed by atoms with E-state index in [1.165, 1.54) is 10.8 Å². The van der Waals surface area contributed by atoms with Crippen LogP contribution in [-0.2, 0) is 12.0 Å². The summed E-state index contributed by atoms with van der Waals surface area (Å²) < 4.78 is 45.4. The molecule has 3 heterocycles. The van der Waals surface area contributed by atoms with Crippen LogP contribution in [0, 0.1) is 0 Å². The molecule has 1 N–H and O–H groups in total. The molecule has 2 atom stereocenters. The van der Waals surface area contributed by atoms with E-state index in [1.807, 2.05) is 0 Å². The lowest BCUT2D eigenvalue weighted by Crippen LogP contribution is -2.42. The van der Waals surface area contributed by atoms with Crippen molar-refractivity contribution < 1.29 is 22.8 Å². The van der Waals surface area contributed by atoms with Crippen molar-refractivity contribution in [1.29, 1.82) is 0 Å². The summed E-state index contributed by atoms with van der Waals surface area (Å²) in [6.45, 7) is 2.46. The van der Waals surface area contributed by atoms with E-state index in [4.69, 9.17) is 4.52 Å². The van der Waals surface area contributed by atoms with Gasteiger partial charge < -0.3 is 14.2 Å². The maximum absolute atomic E-state index is 13.0. The van der Waals surface area contributed by atoms with Crippen molar-refractivity contribution in [3.63, 3.8) is 0 Å². The van der Waals surface area contributed by atoms with Gasteiger partial charge in [-0.15, -0.1) is 0 Å². The van der Waals surface area contributed by atoms with Crippen molar-refractivity contribution in [3.8, 4) is 11.5 Å². The van der Waals surface area contributed by atoms with Crippen LogP contribution in [0.5, 0.6) is 0 Å². The van der Waals surface area contributed by atoms with Gasteiger partial charge in [-0.2, -0.15) is 13.2 Å². The minimum Gasteiger partial charge on any atom is -0.374 e. The van der Waals surface area contributed by atoms with Crippen molar-refractivity contribution in [1.82, 2.24) is 14.7 Å². The van der Waals surface area contributed by atoms with E-state index < -0.39 is 17.6 Å². The quantitative estimate of drug-likeness (QED) is 0.875. The molecule has 20 heavy (non-hydrogen) atoms. The van der Waals surface area contributed by atoms with Crippen LogP contribution in [0.4, 0.5) is 13.2 Å².